The van der Waals surface area contributed by atoms with Crippen LogP contribution in [0.5, 0.6) is 5.75 Å². The molecule has 0 amide bonds. The summed E-state index contributed by atoms with van der Waals surface area (Å²) in [5.41, 5.74) is 0.504. The minimum Gasteiger partial charge on any atom is -0.485 e. The highest BCUT2D eigenvalue weighted by molar-refractivity contribution is 6.29. The third-order valence-electron chi connectivity index (χ3n) is 1.82. The third kappa shape index (κ3) is 3.53. The minimum atomic E-state index is -0.698. The van der Waals surface area contributed by atoms with Gasteiger partial charge in [0, 0.05) is 5.03 Å². The predicted octanol–water partition coefficient (Wildman–Crippen LogP) is 3.01. The molecule has 0 heterocycles. The van der Waals surface area contributed by atoms with E-state index in [9.17, 15) is 9.50 Å². The van der Waals surface area contributed by atoms with Crippen LogP contribution in [0.4, 0.5) is 4.39 Å². The van der Waals surface area contributed by atoms with Crippen LogP contribution >= 0.6 is 11.6 Å². The molecule has 0 aromatic heterocycles. The molecule has 2 nitrogen and oxygen atoms in total. The van der Waals surface area contributed by atoms with E-state index in [1.807, 2.05) is 0 Å². The van der Waals surface area contributed by atoms with Crippen molar-refractivity contribution in [1.29, 1.82) is 0 Å². The number of aliphatic hydroxyl groups excluding tert-OH is 1. The van der Waals surface area contributed by atoms with E-state index < -0.39 is 11.9 Å². The zero-order valence-electron chi connectivity index (χ0n) is 8.34. The van der Waals surface area contributed by atoms with Gasteiger partial charge in [-0.25, -0.2) is 4.39 Å². The first-order valence-electron chi connectivity index (χ1n) is 4.44. The van der Waals surface area contributed by atoms with Gasteiger partial charge in [0.15, 0.2) is 11.6 Å². The average Bonchev–Trinajstić information content (AvgIpc) is 2.15. The van der Waals surface area contributed by atoms with Crippen LogP contribution in [-0.4, -0.2) is 11.7 Å². The molecule has 0 aliphatic heterocycles. The lowest BCUT2D eigenvalue weighted by molar-refractivity contribution is 0.198. The predicted molar refractivity (Wildman–Crippen MR) is 57.5 cm³/mol. The van der Waals surface area contributed by atoms with Crippen molar-refractivity contribution in [3.63, 3.8) is 0 Å². The maximum atomic E-state index is 13.4. The molecule has 0 radical (unpaired) electrons. The van der Waals surface area contributed by atoms with Gasteiger partial charge in [0.1, 0.15) is 6.61 Å². The molecule has 0 saturated heterocycles. The van der Waals surface area contributed by atoms with E-state index in [0.29, 0.717) is 10.6 Å². The molecule has 1 rings (SSSR count). The van der Waals surface area contributed by atoms with Crippen LogP contribution in [0, 0.1) is 5.82 Å². The fourth-order valence-corrected chi connectivity index (χ4v) is 1.10. The maximum absolute atomic E-state index is 13.4. The zero-order chi connectivity index (χ0) is 11.4. The molecule has 1 N–H and O–H groups in total. The lowest BCUT2D eigenvalue weighted by Crippen LogP contribution is -2.00. The fourth-order valence-electron chi connectivity index (χ4n) is 1.05. The summed E-state index contributed by atoms with van der Waals surface area (Å²) in [5.74, 6) is -0.424. The van der Waals surface area contributed by atoms with Gasteiger partial charge in [0.2, 0.25) is 0 Å². The molecule has 15 heavy (non-hydrogen) atoms. The van der Waals surface area contributed by atoms with Crippen LogP contribution in [0.1, 0.15) is 18.6 Å². The van der Waals surface area contributed by atoms with Crippen molar-refractivity contribution in [3.8, 4) is 5.75 Å². The first kappa shape index (κ1) is 12.0. The van der Waals surface area contributed by atoms with Crippen molar-refractivity contribution in [2.75, 3.05) is 6.61 Å². The summed E-state index contributed by atoms with van der Waals surface area (Å²) >= 11 is 5.48. The standard InChI is InChI=1S/C11H12ClFO2/c1-7(12)6-15-11-4-3-9(8(2)14)5-10(11)13/h3-5,8,14H,1,6H2,2H3/t8-/m1/s1. The highest BCUT2D eigenvalue weighted by Gasteiger charge is 2.07. The van der Waals surface area contributed by atoms with Crippen LogP contribution in [0.3, 0.4) is 0 Å². The van der Waals surface area contributed by atoms with Crippen molar-refractivity contribution in [1.82, 2.24) is 0 Å². The first-order chi connectivity index (χ1) is 7.00. The van der Waals surface area contributed by atoms with E-state index in [4.69, 9.17) is 16.3 Å². The van der Waals surface area contributed by atoms with Gasteiger partial charge < -0.3 is 9.84 Å². The number of hydrogen-bond donors (Lipinski definition) is 1. The van der Waals surface area contributed by atoms with E-state index in [1.54, 1.807) is 13.0 Å². The third-order valence-corrected chi connectivity index (χ3v) is 1.93. The first-order valence-corrected chi connectivity index (χ1v) is 4.82. The van der Waals surface area contributed by atoms with E-state index in [0.717, 1.165) is 0 Å². The van der Waals surface area contributed by atoms with Crippen LogP contribution in [0.25, 0.3) is 0 Å². The Balaban J connectivity index is 2.79. The Morgan fingerprint density at radius 3 is 2.80 bits per heavy atom. The highest BCUT2D eigenvalue weighted by Crippen LogP contribution is 2.22. The van der Waals surface area contributed by atoms with Crippen LogP contribution in [0.2, 0.25) is 0 Å². The Morgan fingerprint density at radius 2 is 2.33 bits per heavy atom. The Kier molecular flexibility index (Phi) is 4.12. The van der Waals surface area contributed by atoms with Crippen molar-refractivity contribution < 1.29 is 14.2 Å². The number of hydrogen-bond acceptors (Lipinski definition) is 2. The monoisotopic (exact) mass is 230 g/mol. The van der Waals surface area contributed by atoms with Gasteiger partial charge in [0.05, 0.1) is 6.10 Å². The molecular formula is C11H12ClFO2. The van der Waals surface area contributed by atoms with E-state index in [2.05, 4.69) is 6.58 Å². The highest BCUT2D eigenvalue weighted by atomic mass is 35.5. The molecule has 0 aliphatic rings. The van der Waals surface area contributed by atoms with Gasteiger partial charge in [-0.2, -0.15) is 0 Å². The van der Waals surface area contributed by atoms with Crippen LogP contribution in [0.15, 0.2) is 29.8 Å². The Hall–Kier alpha value is -1.06. The van der Waals surface area contributed by atoms with Gasteiger partial charge in [0.25, 0.3) is 0 Å². The second-order valence-corrected chi connectivity index (χ2v) is 3.71. The Morgan fingerprint density at radius 1 is 1.67 bits per heavy atom. The average molecular weight is 231 g/mol. The minimum absolute atomic E-state index is 0.0620. The molecule has 0 saturated carbocycles. The summed E-state index contributed by atoms with van der Waals surface area (Å²) in [4.78, 5) is 0. The van der Waals surface area contributed by atoms with E-state index >= 15 is 0 Å². The van der Waals surface area contributed by atoms with E-state index in [1.165, 1.54) is 12.1 Å². The summed E-state index contributed by atoms with van der Waals surface area (Å²) < 4.78 is 18.4. The molecule has 1 aromatic carbocycles. The maximum Gasteiger partial charge on any atom is 0.165 e. The Labute approximate surface area is 92.9 Å². The summed E-state index contributed by atoms with van der Waals surface area (Å²) in [6, 6.07) is 4.29. The molecule has 0 spiro atoms. The number of aliphatic hydroxyl groups is 1. The quantitative estimate of drug-likeness (QED) is 0.862. The topological polar surface area (TPSA) is 29.5 Å². The Bertz CT molecular complexity index is 364. The second kappa shape index (κ2) is 5.14. The summed E-state index contributed by atoms with van der Waals surface area (Å²) in [5, 5.41) is 9.51. The largest absolute Gasteiger partial charge is 0.485 e. The van der Waals surface area contributed by atoms with Crippen molar-refractivity contribution in [3.05, 3.63) is 41.2 Å². The van der Waals surface area contributed by atoms with Gasteiger partial charge in [-0.1, -0.05) is 24.2 Å². The molecular weight excluding hydrogens is 219 g/mol. The number of rotatable bonds is 4. The molecule has 0 aliphatic carbocycles. The zero-order valence-corrected chi connectivity index (χ0v) is 9.09. The number of halogens is 2. The SMILES string of the molecule is C=C(Cl)COc1ccc([C@@H](C)O)cc1F. The van der Waals surface area contributed by atoms with Gasteiger partial charge >= 0.3 is 0 Å². The van der Waals surface area contributed by atoms with Gasteiger partial charge in [-0.3, -0.25) is 0 Å². The molecule has 4 heteroatoms. The molecule has 0 fully saturated rings. The van der Waals surface area contributed by atoms with Crippen LogP contribution in [-0.2, 0) is 0 Å². The molecule has 0 unspecified atom stereocenters. The number of ether oxygens (including phenoxy) is 1. The summed E-state index contributed by atoms with van der Waals surface area (Å²) in [6.45, 7) is 5.05. The van der Waals surface area contributed by atoms with Gasteiger partial charge in [-0.15, -0.1) is 0 Å². The van der Waals surface area contributed by atoms with Crippen molar-refractivity contribution >= 4 is 11.6 Å². The molecule has 82 valence electrons. The van der Waals surface area contributed by atoms with E-state index in [-0.39, 0.29) is 12.4 Å². The fraction of sp³-hybridized carbons (Fsp3) is 0.273. The number of benzene rings is 1. The van der Waals surface area contributed by atoms with Gasteiger partial charge in [-0.05, 0) is 24.6 Å². The molecule has 1 atom stereocenters. The molecule has 0 bridgehead atoms. The van der Waals surface area contributed by atoms with Crippen molar-refractivity contribution in [2.45, 2.75) is 13.0 Å². The van der Waals surface area contributed by atoms with Crippen molar-refractivity contribution in [2.24, 2.45) is 0 Å². The summed E-state index contributed by atoms with van der Waals surface area (Å²) in [6.07, 6.45) is -0.698. The smallest absolute Gasteiger partial charge is 0.165 e. The lowest BCUT2D eigenvalue weighted by Gasteiger charge is -2.09. The second-order valence-electron chi connectivity index (χ2n) is 3.17. The summed E-state index contributed by atoms with van der Waals surface area (Å²) in [7, 11) is 0. The normalized spacial score (nSPS) is 12.3. The lowest BCUT2D eigenvalue weighted by atomic mass is 10.1. The van der Waals surface area contributed by atoms with Crippen LogP contribution < -0.4 is 4.74 Å². The molecule has 1 aromatic rings.